The number of phenols is 1. The van der Waals surface area contributed by atoms with Crippen molar-refractivity contribution in [3.8, 4) is 17.6 Å². The average molecular weight is 859 g/mol. The maximum Gasteiger partial charge on any atom is 0.269 e. The molecule has 0 bridgehead atoms. The Kier molecular flexibility index (Phi) is 14.3. The lowest BCUT2D eigenvalue weighted by atomic mass is 9.55. The molecule has 0 saturated heterocycles. The highest BCUT2D eigenvalue weighted by atomic mass is 19.1. The molecule has 2 aliphatic carbocycles. The molecule has 0 aromatic heterocycles. The van der Waals surface area contributed by atoms with E-state index in [0.29, 0.717) is 53.8 Å². The lowest BCUT2D eigenvalue weighted by molar-refractivity contribution is -0.384. The minimum Gasteiger partial charge on any atom is -0.508 e. The fraction of sp³-hybridized carbons (Fsp3) is 0.367. The van der Waals surface area contributed by atoms with Crippen LogP contribution < -0.4 is 4.74 Å². The third-order valence-corrected chi connectivity index (χ3v) is 12.4. The monoisotopic (exact) mass is 858 g/mol. The second-order valence-corrected chi connectivity index (χ2v) is 16.2. The van der Waals surface area contributed by atoms with Crippen LogP contribution in [0.25, 0.3) is 0 Å². The van der Waals surface area contributed by atoms with Crippen molar-refractivity contribution in [2.45, 2.75) is 75.8 Å². The first-order chi connectivity index (χ1) is 30.6. The summed E-state index contributed by atoms with van der Waals surface area (Å²) in [5.74, 6) is -3.14. The van der Waals surface area contributed by atoms with Gasteiger partial charge in [-0.05, 0) is 121 Å². The quantitative estimate of drug-likeness (QED) is 0.0357. The molecule has 4 aromatic carbocycles. The zero-order valence-corrected chi connectivity index (χ0v) is 34.9. The zero-order chi connectivity index (χ0) is 44.5. The molecule has 1 fully saturated rings. The number of carbonyl (C=O) groups excluding carboxylic acids is 1. The first-order valence-corrected chi connectivity index (χ1v) is 21.3. The number of carbonyl (C=O) groups is 1. The van der Waals surface area contributed by atoms with E-state index in [4.69, 9.17) is 19.5 Å². The number of nitro groups is 1. The second kappa shape index (κ2) is 20.2. The molecular formula is C49H51FN4O9. The van der Waals surface area contributed by atoms with Gasteiger partial charge in [0, 0.05) is 55.4 Å². The zero-order valence-electron chi connectivity index (χ0n) is 34.9. The predicted octanol–water partition coefficient (Wildman–Crippen LogP) is 8.49. The minimum atomic E-state index is -1.61. The number of nitriles is 1. The van der Waals surface area contributed by atoms with Gasteiger partial charge < -0.3 is 34.5 Å². The van der Waals surface area contributed by atoms with Crippen molar-refractivity contribution >= 4 is 17.3 Å². The van der Waals surface area contributed by atoms with Crippen LogP contribution in [0.2, 0.25) is 0 Å². The Hall–Kier alpha value is -6.40. The number of amides is 1. The number of unbranched alkanes of at least 4 members (excludes halogenated alkanes) is 2. The van der Waals surface area contributed by atoms with Crippen molar-refractivity contribution in [2.75, 3.05) is 19.8 Å². The van der Waals surface area contributed by atoms with Crippen molar-refractivity contribution in [1.82, 2.24) is 4.90 Å². The number of oxime groups is 1. The maximum absolute atomic E-state index is 15.2. The summed E-state index contributed by atoms with van der Waals surface area (Å²) in [6.45, 7) is 4.02. The van der Waals surface area contributed by atoms with E-state index in [1.807, 2.05) is 0 Å². The van der Waals surface area contributed by atoms with Crippen LogP contribution >= 0.6 is 0 Å². The molecule has 6 atom stereocenters. The Morgan fingerprint density at radius 2 is 1.70 bits per heavy atom. The lowest BCUT2D eigenvalue weighted by Gasteiger charge is -2.60. The van der Waals surface area contributed by atoms with E-state index in [9.17, 15) is 35.1 Å². The van der Waals surface area contributed by atoms with E-state index in [-0.39, 0.29) is 74.1 Å². The number of nitro benzene ring substituents is 1. The van der Waals surface area contributed by atoms with Crippen molar-refractivity contribution in [2.24, 2.45) is 22.9 Å². The fourth-order valence-electron chi connectivity index (χ4n) is 9.52. The molecule has 1 saturated carbocycles. The largest absolute Gasteiger partial charge is 0.508 e. The first kappa shape index (κ1) is 44.6. The number of aromatic hydroxyl groups is 1. The van der Waals surface area contributed by atoms with Gasteiger partial charge in [0.05, 0.1) is 34.8 Å². The third-order valence-electron chi connectivity index (χ3n) is 12.4. The summed E-state index contributed by atoms with van der Waals surface area (Å²) in [4.78, 5) is 33.8. The Morgan fingerprint density at radius 3 is 2.37 bits per heavy atom. The molecule has 14 heteroatoms. The summed E-state index contributed by atoms with van der Waals surface area (Å²) in [7, 11) is 0. The molecule has 1 heterocycles. The van der Waals surface area contributed by atoms with Crippen LogP contribution in [0, 0.1) is 45.0 Å². The highest BCUT2D eigenvalue weighted by Crippen LogP contribution is 2.62. The fourth-order valence-corrected chi connectivity index (χ4v) is 9.52. The number of nitrogens with zero attached hydrogens (tertiary/aromatic N) is 4. The van der Waals surface area contributed by atoms with E-state index in [2.05, 4.69) is 18.7 Å². The molecule has 7 rings (SSSR count). The standard InChI is InChI=1S/C49H51FN4O9/c1-2-25-61-49-45(53(30-33-11-17-37(50)18-12-33)48(58)35-15-9-32(29-51)10-16-35)28-43(52-62-31-34-13-19-38(20-14-34)54(59)60)41-26-36(7-3-5-23-55)40(8-4-6-24-56)46(47(41)49)42-27-39(57)21-22-44(42)63-49/h2,9-22,26-27,36,40,45-47,55-57H,1,3-8,23-25,28,30-31H2/t36-,40+,45-,46+,47+,49+/m0/s1. The van der Waals surface area contributed by atoms with Gasteiger partial charge in [0.15, 0.2) is 0 Å². The number of benzene rings is 4. The van der Waals surface area contributed by atoms with Crippen molar-refractivity contribution in [3.63, 3.8) is 0 Å². The molecule has 0 spiro atoms. The van der Waals surface area contributed by atoms with Crippen LogP contribution in [-0.2, 0) is 22.7 Å². The van der Waals surface area contributed by atoms with Gasteiger partial charge in [-0.25, -0.2) is 4.39 Å². The van der Waals surface area contributed by atoms with Gasteiger partial charge >= 0.3 is 0 Å². The number of fused-ring (bicyclic) bond motifs is 2. The summed E-state index contributed by atoms with van der Waals surface area (Å²) < 4.78 is 28.6. The first-order valence-electron chi connectivity index (χ1n) is 21.3. The van der Waals surface area contributed by atoms with Gasteiger partial charge in [-0.3, -0.25) is 14.9 Å². The van der Waals surface area contributed by atoms with Crippen LogP contribution in [-0.4, -0.2) is 68.4 Å². The van der Waals surface area contributed by atoms with Gasteiger partial charge in [0.25, 0.3) is 11.6 Å². The summed E-state index contributed by atoms with van der Waals surface area (Å²) in [5.41, 5.74) is 3.90. The Labute approximate surface area is 365 Å². The molecule has 0 unspecified atom stereocenters. The van der Waals surface area contributed by atoms with Crippen molar-refractivity contribution < 1.29 is 43.7 Å². The second-order valence-electron chi connectivity index (χ2n) is 16.2. The van der Waals surface area contributed by atoms with Crippen LogP contribution in [0.5, 0.6) is 11.5 Å². The molecular weight excluding hydrogens is 808 g/mol. The van der Waals surface area contributed by atoms with E-state index in [0.717, 1.165) is 24.0 Å². The third kappa shape index (κ3) is 9.66. The van der Waals surface area contributed by atoms with Gasteiger partial charge in [-0.15, -0.1) is 6.58 Å². The average Bonchev–Trinajstić information content (AvgIpc) is 3.29. The van der Waals surface area contributed by atoms with Gasteiger partial charge in [-0.1, -0.05) is 42.3 Å². The SMILES string of the molecule is C=CCO[C@@]12Oc3ccc(O)cc3[C@H]3[C@H](CCCCO)[C@@H](CCCCO)C=C(C(=NOCc4ccc([N+](=O)[O-])cc4)C[C@@H]1N(Cc1ccc(F)cc1)C(=O)c1ccc(C#N)cc1)[C@H]32. The predicted molar refractivity (Wildman–Crippen MR) is 232 cm³/mol. The number of rotatable bonds is 19. The highest BCUT2D eigenvalue weighted by molar-refractivity contribution is 6.03. The van der Waals surface area contributed by atoms with Crippen LogP contribution in [0.15, 0.2) is 120 Å². The normalized spacial score (nSPS) is 22.7. The summed E-state index contributed by atoms with van der Waals surface area (Å²) in [6, 6.07) is 24.3. The van der Waals surface area contributed by atoms with E-state index >= 15 is 4.79 Å². The number of ether oxygens (including phenoxy) is 2. The molecule has 4 aromatic rings. The molecule has 13 nitrogen and oxygen atoms in total. The topological polar surface area (TPSA) is 188 Å². The van der Waals surface area contributed by atoms with E-state index < -0.39 is 34.4 Å². The maximum atomic E-state index is 15.2. The Morgan fingerprint density at radius 1 is 1.00 bits per heavy atom. The smallest absolute Gasteiger partial charge is 0.269 e. The molecule has 3 N–H and O–H groups in total. The van der Waals surface area contributed by atoms with Gasteiger partial charge in [0.2, 0.25) is 5.79 Å². The lowest BCUT2D eigenvalue weighted by Crippen LogP contribution is -2.70. The van der Waals surface area contributed by atoms with Gasteiger partial charge in [0.1, 0.15) is 30.0 Å². The van der Waals surface area contributed by atoms with E-state index in [1.54, 1.807) is 77.7 Å². The van der Waals surface area contributed by atoms with Crippen molar-refractivity contribution in [1.29, 1.82) is 5.26 Å². The molecule has 328 valence electrons. The number of aliphatic hydroxyl groups excluding tert-OH is 2. The number of hydrogen-bond donors (Lipinski definition) is 3. The minimum absolute atomic E-state index is 0.00808. The van der Waals surface area contributed by atoms with Crippen LogP contribution in [0.1, 0.15) is 83.5 Å². The molecule has 1 aliphatic heterocycles. The number of halogens is 1. The van der Waals surface area contributed by atoms with Crippen molar-refractivity contribution in [3.05, 3.63) is 159 Å². The van der Waals surface area contributed by atoms with Crippen LogP contribution in [0.4, 0.5) is 10.1 Å². The number of non-ortho nitro benzene ring substituents is 1. The number of aliphatic hydroxyl groups is 2. The molecule has 63 heavy (non-hydrogen) atoms. The van der Waals surface area contributed by atoms with Gasteiger partial charge in [-0.2, -0.15) is 5.26 Å². The molecule has 3 aliphatic rings. The summed E-state index contributed by atoms with van der Waals surface area (Å²) in [6.07, 6.45) is 7.90. The summed E-state index contributed by atoms with van der Waals surface area (Å²) >= 11 is 0. The summed E-state index contributed by atoms with van der Waals surface area (Å²) in [5, 5.41) is 56.5. The molecule has 0 radical (unpaired) electrons. The number of allylic oxidation sites excluding steroid dienone is 1. The Bertz CT molecular complexity index is 2360. The number of hydrogen-bond acceptors (Lipinski definition) is 11. The number of phenolic OH excluding ortho intramolecular Hbond substituents is 1. The Balaban J connectivity index is 1.45. The molecule has 1 amide bonds. The van der Waals surface area contributed by atoms with Crippen LogP contribution in [0.3, 0.4) is 0 Å². The van der Waals surface area contributed by atoms with E-state index in [1.165, 1.54) is 24.3 Å². The highest BCUT2D eigenvalue weighted by Gasteiger charge is 2.65.